The molecule has 3 N–H and O–H groups in total. The molecule has 0 unspecified atom stereocenters. The lowest BCUT2D eigenvalue weighted by Gasteiger charge is -2.15. The molecule has 0 aliphatic rings. The zero-order chi connectivity index (χ0) is 15.4. The maximum Gasteiger partial charge on any atom is 0.336 e. The van der Waals surface area contributed by atoms with Crippen molar-refractivity contribution in [2.24, 2.45) is 0 Å². The number of hydrogen-bond donors (Lipinski definition) is 3. The molecule has 2 aromatic carbocycles. The van der Waals surface area contributed by atoms with Crippen LogP contribution in [0.2, 0.25) is 0 Å². The van der Waals surface area contributed by atoms with Crippen molar-refractivity contribution in [2.75, 3.05) is 6.61 Å². The number of fused-ring (bicyclic) bond motifs is 1. The Morgan fingerprint density at radius 3 is 2.29 bits per heavy atom. The van der Waals surface area contributed by atoms with E-state index in [0.717, 1.165) is 0 Å². The number of carbonyl (C=O) groups is 2. The van der Waals surface area contributed by atoms with Gasteiger partial charge in [-0.1, -0.05) is 31.2 Å². The van der Waals surface area contributed by atoms with Gasteiger partial charge in [-0.15, -0.1) is 0 Å². The van der Waals surface area contributed by atoms with E-state index in [-0.39, 0.29) is 24.1 Å². The third-order valence-corrected chi connectivity index (χ3v) is 3.43. The van der Waals surface area contributed by atoms with Crippen molar-refractivity contribution in [3.8, 4) is 0 Å². The zero-order valence-electron chi connectivity index (χ0n) is 11.7. The summed E-state index contributed by atoms with van der Waals surface area (Å²) in [6.07, 6.45) is 0.596. The lowest BCUT2D eigenvalue weighted by atomic mass is 9.98. The maximum atomic E-state index is 12.3. The number of aromatic carboxylic acids is 1. The van der Waals surface area contributed by atoms with E-state index in [4.69, 9.17) is 5.11 Å². The van der Waals surface area contributed by atoms with Crippen LogP contribution in [0, 0.1) is 0 Å². The first-order chi connectivity index (χ1) is 10.1. The quantitative estimate of drug-likeness (QED) is 0.785. The minimum absolute atomic E-state index is 0.0929. The predicted octanol–water partition coefficient (Wildman–Crippen LogP) is 2.04. The largest absolute Gasteiger partial charge is 0.478 e. The summed E-state index contributed by atoms with van der Waals surface area (Å²) < 4.78 is 0. The SMILES string of the molecule is CC[C@@H](CO)NC(=O)c1cccc2cccc(C(=O)O)c12. The monoisotopic (exact) mass is 287 g/mol. The van der Waals surface area contributed by atoms with E-state index >= 15 is 0 Å². The molecular formula is C16H17NO4. The lowest BCUT2D eigenvalue weighted by Crippen LogP contribution is -2.37. The first-order valence-electron chi connectivity index (χ1n) is 6.75. The predicted molar refractivity (Wildman–Crippen MR) is 79.5 cm³/mol. The van der Waals surface area contributed by atoms with Gasteiger partial charge in [0.2, 0.25) is 0 Å². The number of amides is 1. The molecule has 110 valence electrons. The van der Waals surface area contributed by atoms with Crippen LogP contribution in [0.3, 0.4) is 0 Å². The average molecular weight is 287 g/mol. The fraction of sp³-hybridized carbons (Fsp3) is 0.250. The number of benzene rings is 2. The van der Waals surface area contributed by atoms with Gasteiger partial charge in [0, 0.05) is 10.9 Å². The Kier molecular flexibility index (Phi) is 4.55. The summed E-state index contributed by atoms with van der Waals surface area (Å²) in [6.45, 7) is 1.70. The molecule has 2 aromatic rings. The Labute approximate surface area is 122 Å². The highest BCUT2D eigenvalue weighted by atomic mass is 16.4. The van der Waals surface area contributed by atoms with Crippen LogP contribution in [0.1, 0.15) is 34.1 Å². The van der Waals surface area contributed by atoms with Crippen molar-refractivity contribution in [1.29, 1.82) is 0 Å². The molecule has 5 nitrogen and oxygen atoms in total. The van der Waals surface area contributed by atoms with Crippen molar-refractivity contribution in [3.05, 3.63) is 47.5 Å². The Morgan fingerprint density at radius 2 is 1.76 bits per heavy atom. The summed E-state index contributed by atoms with van der Waals surface area (Å²) in [4.78, 5) is 23.7. The third kappa shape index (κ3) is 3.03. The Hall–Kier alpha value is -2.40. The molecule has 0 radical (unpaired) electrons. The highest BCUT2D eigenvalue weighted by molar-refractivity contribution is 6.14. The molecule has 1 atom stereocenters. The van der Waals surface area contributed by atoms with Gasteiger partial charge >= 0.3 is 5.97 Å². The summed E-state index contributed by atoms with van der Waals surface area (Å²) in [5.74, 6) is -1.45. The molecule has 5 heteroatoms. The first-order valence-corrected chi connectivity index (χ1v) is 6.75. The number of aliphatic hydroxyl groups excluding tert-OH is 1. The van der Waals surface area contributed by atoms with Crippen LogP contribution >= 0.6 is 0 Å². The van der Waals surface area contributed by atoms with Gasteiger partial charge in [0.1, 0.15) is 0 Å². The molecule has 0 aromatic heterocycles. The van der Waals surface area contributed by atoms with Gasteiger partial charge < -0.3 is 15.5 Å². The smallest absolute Gasteiger partial charge is 0.336 e. The van der Waals surface area contributed by atoms with Gasteiger partial charge in [-0.25, -0.2) is 4.79 Å². The number of aliphatic hydroxyl groups is 1. The number of rotatable bonds is 5. The summed E-state index contributed by atoms with van der Waals surface area (Å²) >= 11 is 0. The van der Waals surface area contributed by atoms with Crippen LogP contribution in [0.5, 0.6) is 0 Å². The van der Waals surface area contributed by atoms with Crippen molar-refractivity contribution >= 4 is 22.6 Å². The van der Waals surface area contributed by atoms with Crippen molar-refractivity contribution in [3.63, 3.8) is 0 Å². The molecule has 0 saturated carbocycles. The molecule has 1 amide bonds. The summed E-state index contributed by atoms with van der Waals surface area (Å²) in [5, 5.41) is 22.3. The van der Waals surface area contributed by atoms with E-state index in [0.29, 0.717) is 22.8 Å². The second-order valence-corrected chi connectivity index (χ2v) is 4.78. The summed E-state index contributed by atoms with van der Waals surface area (Å²) in [6, 6.07) is 9.62. The van der Waals surface area contributed by atoms with Crippen LogP contribution in [0.15, 0.2) is 36.4 Å². The minimum Gasteiger partial charge on any atom is -0.478 e. The highest BCUT2D eigenvalue weighted by Gasteiger charge is 2.18. The minimum atomic E-state index is -1.07. The molecule has 0 aliphatic carbocycles. The Balaban J connectivity index is 2.53. The molecule has 0 spiro atoms. The van der Waals surface area contributed by atoms with Crippen molar-refractivity contribution in [2.45, 2.75) is 19.4 Å². The highest BCUT2D eigenvalue weighted by Crippen LogP contribution is 2.23. The molecule has 21 heavy (non-hydrogen) atoms. The van der Waals surface area contributed by atoms with E-state index < -0.39 is 5.97 Å². The molecule has 0 saturated heterocycles. The van der Waals surface area contributed by atoms with Crippen LogP contribution in [0.25, 0.3) is 10.8 Å². The second kappa shape index (κ2) is 6.37. The average Bonchev–Trinajstić information content (AvgIpc) is 2.50. The summed E-state index contributed by atoms with van der Waals surface area (Å²) in [7, 11) is 0. The van der Waals surface area contributed by atoms with Crippen LogP contribution in [-0.2, 0) is 0 Å². The van der Waals surface area contributed by atoms with Gasteiger partial charge in [-0.3, -0.25) is 4.79 Å². The van der Waals surface area contributed by atoms with Gasteiger partial charge in [0.25, 0.3) is 5.91 Å². The second-order valence-electron chi connectivity index (χ2n) is 4.78. The Morgan fingerprint density at radius 1 is 1.14 bits per heavy atom. The molecular weight excluding hydrogens is 270 g/mol. The van der Waals surface area contributed by atoms with E-state index in [2.05, 4.69) is 5.32 Å². The zero-order valence-corrected chi connectivity index (χ0v) is 11.7. The standard InChI is InChI=1S/C16H17NO4/c1-2-11(9-18)17-15(19)12-7-3-5-10-6-4-8-13(14(10)12)16(20)21/h3-8,11,18H,2,9H2,1H3,(H,17,19)(H,20,21)/t11-/m0/s1. The normalized spacial score (nSPS) is 12.1. The number of carboxylic acid groups (broad SMARTS) is 1. The first kappa shape index (κ1) is 15.0. The van der Waals surface area contributed by atoms with E-state index in [1.165, 1.54) is 6.07 Å². The molecule has 0 bridgehead atoms. The van der Waals surface area contributed by atoms with Crippen LogP contribution in [0.4, 0.5) is 0 Å². The van der Waals surface area contributed by atoms with Crippen LogP contribution < -0.4 is 5.32 Å². The van der Waals surface area contributed by atoms with E-state index in [1.54, 1.807) is 30.3 Å². The van der Waals surface area contributed by atoms with Crippen LogP contribution in [-0.4, -0.2) is 34.7 Å². The van der Waals surface area contributed by atoms with E-state index in [9.17, 15) is 14.7 Å². The third-order valence-electron chi connectivity index (χ3n) is 3.43. The number of hydrogen-bond acceptors (Lipinski definition) is 3. The topological polar surface area (TPSA) is 86.6 Å². The fourth-order valence-corrected chi connectivity index (χ4v) is 2.25. The summed E-state index contributed by atoms with van der Waals surface area (Å²) in [5.41, 5.74) is 0.396. The van der Waals surface area contributed by atoms with Gasteiger partial charge in [-0.2, -0.15) is 0 Å². The fourth-order valence-electron chi connectivity index (χ4n) is 2.25. The number of nitrogens with one attached hydrogen (secondary N) is 1. The molecule has 0 heterocycles. The molecule has 0 aliphatic heterocycles. The van der Waals surface area contributed by atoms with Crippen molar-refractivity contribution < 1.29 is 19.8 Å². The van der Waals surface area contributed by atoms with Gasteiger partial charge in [0.05, 0.1) is 18.2 Å². The lowest BCUT2D eigenvalue weighted by molar-refractivity contribution is 0.0699. The molecule has 2 rings (SSSR count). The number of carboxylic acids is 1. The number of carbonyl (C=O) groups excluding carboxylic acids is 1. The Bertz CT molecular complexity index is 672. The maximum absolute atomic E-state index is 12.3. The van der Waals surface area contributed by atoms with Crippen molar-refractivity contribution in [1.82, 2.24) is 5.32 Å². The van der Waals surface area contributed by atoms with Gasteiger partial charge in [0.15, 0.2) is 0 Å². The molecule has 0 fully saturated rings. The van der Waals surface area contributed by atoms with E-state index in [1.807, 2.05) is 6.92 Å². The van der Waals surface area contributed by atoms with Gasteiger partial charge in [-0.05, 0) is 23.9 Å².